The Bertz CT molecular complexity index is 351. The molecule has 2 rings (SSSR count). The van der Waals surface area contributed by atoms with Crippen LogP contribution in [0.5, 0.6) is 0 Å². The molecular formula is C13H25Cl2N3S. The number of piperidine rings is 1. The molecule has 112 valence electrons. The van der Waals surface area contributed by atoms with Crippen LogP contribution in [0.25, 0.3) is 0 Å². The number of aromatic nitrogens is 1. The van der Waals surface area contributed by atoms with Crippen LogP contribution in [-0.4, -0.2) is 36.1 Å². The molecule has 0 spiro atoms. The van der Waals surface area contributed by atoms with Gasteiger partial charge >= 0.3 is 0 Å². The topological polar surface area (TPSA) is 28.2 Å². The van der Waals surface area contributed by atoms with Crippen LogP contribution in [0.2, 0.25) is 0 Å². The minimum absolute atomic E-state index is 0. The zero-order valence-electron chi connectivity index (χ0n) is 11.9. The zero-order chi connectivity index (χ0) is 12.3. The molecule has 0 unspecified atom stereocenters. The van der Waals surface area contributed by atoms with E-state index in [4.69, 9.17) is 4.98 Å². The van der Waals surface area contributed by atoms with Gasteiger partial charge in [0.2, 0.25) is 0 Å². The summed E-state index contributed by atoms with van der Waals surface area (Å²) in [4.78, 5) is 7.16. The molecule has 1 aliphatic rings. The van der Waals surface area contributed by atoms with E-state index in [9.17, 15) is 0 Å². The van der Waals surface area contributed by atoms with Gasteiger partial charge < -0.3 is 5.32 Å². The maximum absolute atomic E-state index is 4.71. The number of hydrogen-bond acceptors (Lipinski definition) is 4. The summed E-state index contributed by atoms with van der Waals surface area (Å²) in [7, 11) is 2.23. The van der Waals surface area contributed by atoms with Crippen LogP contribution in [0.3, 0.4) is 0 Å². The number of thiazole rings is 1. The first-order chi connectivity index (χ1) is 8.16. The average Bonchev–Trinajstić information content (AvgIpc) is 2.79. The van der Waals surface area contributed by atoms with Crippen molar-refractivity contribution in [3.05, 3.63) is 16.1 Å². The highest BCUT2D eigenvalue weighted by Crippen LogP contribution is 2.21. The second kappa shape index (κ2) is 9.14. The van der Waals surface area contributed by atoms with Crippen molar-refractivity contribution in [1.82, 2.24) is 15.2 Å². The lowest BCUT2D eigenvalue weighted by Crippen LogP contribution is -2.40. The summed E-state index contributed by atoms with van der Waals surface area (Å²) in [6.45, 7) is 7.72. The van der Waals surface area contributed by atoms with E-state index < -0.39 is 0 Å². The predicted octanol–water partition coefficient (Wildman–Crippen LogP) is 3.29. The predicted molar refractivity (Wildman–Crippen MR) is 88.1 cm³/mol. The van der Waals surface area contributed by atoms with Crippen molar-refractivity contribution in [3.8, 4) is 0 Å². The third-order valence-electron chi connectivity index (χ3n) is 3.41. The summed E-state index contributed by atoms with van der Waals surface area (Å²) in [6.07, 6.45) is 2.52. The number of nitrogens with zero attached hydrogens (tertiary/aromatic N) is 2. The molecule has 1 aromatic rings. The van der Waals surface area contributed by atoms with E-state index in [0.29, 0.717) is 5.92 Å². The Morgan fingerprint density at radius 3 is 2.53 bits per heavy atom. The standard InChI is InChI=1S/C13H23N3S.2ClH/c1-10(2)13-15-11(9-17-13)8-16(3)12-4-6-14-7-5-12;;/h9-10,12,14H,4-8H2,1-3H3;2*1H. The summed E-state index contributed by atoms with van der Waals surface area (Å²) in [5.41, 5.74) is 1.24. The van der Waals surface area contributed by atoms with E-state index in [1.54, 1.807) is 11.3 Å². The van der Waals surface area contributed by atoms with E-state index in [1.807, 2.05) is 0 Å². The lowest BCUT2D eigenvalue weighted by atomic mass is 10.1. The minimum Gasteiger partial charge on any atom is -0.317 e. The fraction of sp³-hybridized carbons (Fsp3) is 0.769. The Kier molecular flexibility index (Phi) is 9.20. The van der Waals surface area contributed by atoms with E-state index in [-0.39, 0.29) is 24.8 Å². The van der Waals surface area contributed by atoms with Crippen LogP contribution in [-0.2, 0) is 6.54 Å². The largest absolute Gasteiger partial charge is 0.317 e. The van der Waals surface area contributed by atoms with Gasteiger partial charge in [-0.3, -0.25) is 4.90 Å². The van der Waals surface area contributed by atoms with Crippen LogP contribution in [0.4, 0.5) is 0 Å². The van der Waals surface area contributed by atoms with Crippen molar-refractivity contribution >= 4 is 36.2 Å². The molecule has 0 aliphatic carbocycles. The van der Waals surface area contributed by atoms with Gasteiger partial charge in [-0.15, -0.1) is 36.2 Å². The van der Waals surface area contributed by atoms with Crippen molar-refractivity contribution in [2.24, 2.45) is 0 Å². The Balaban J connectivity index is 0.00000162. The molecule has 0 amide bonds. The normalized spacial score (nSPS) is 16.3. The fourth-order valence-electron chi connectivity index (χ4n) is 2.29. The quantitative estimate of drug-likeness (QED) is 0.920. The van der Waals surface area contributed by atoms with Crippen molar-refractivity contribution < 1.29 is 0 Å². The van der Waals surface area contributed by atoms with Crippen molar-refractivity contribution in [2.45, 2.75) is 45.2 Å². The third kappa shape index (κ3) is 5.56. The smallest absolute Gasteiger partial charge is 0.0954 e. The van der Waals surface area contributed by atoms with Gasteiger partial charge in [0.1, 0.15) is 0 Å². The molecule has 19 heavy (non-hydrogen) atoms. The fourth-order valence-corrected chi connectivity index (χ4v) is 3.12. The maximum Gasteiger partial charge on any atom is 0.0954 e. The van der Waals surface area contributed by atoms with E-state index in [1.165, 1.54) is 23.5 Å². The van der Waals surface area contributed by atoms with E-state index in [2.05, 4.69) is 36.5 Å². The lowest BCUT2D eigenvalue weighted by molar-refractivity contribution is 0.190. The summed E-state index contributed by atoms with van der Waals surface area (Å²) >= 11 is 1.80. The first kappa shape index (κ1) is 19.1. The molecule has 3 nitrogen and oxygen atoms in total. The van der Waals surface area contributed by atoms with Gasteiger partial charge in [0.25, 0.3) is 0 Å². The Hall–Kier alpha value is 0.130. The van der Waals surface area contributed by atoms with Gasteiger partial charge in [0, 0.05) is 23.9 Å². The highest BCUT2D eigenvalue weighted by molar-refractivity contribution is 7.09. The van der Waals surface area contributed by atoms with Gasteiger partial charge in [-0.1, -0.05) is 13.8 Å². The van der Waals surface area contributed by atoms with Crippen molar-refractivity contribution in [1.29, 1.82) is 0 Å². The monoisotopic (exact) mass is 325 g/mol. The minimum atomic E-state index is 0. The Labute approximate surface area is 133 Å². The van der Waals surface area contributed by atoms with Crippen molar-refractivity contribution in [3.63, 3.8) is 0 Å². The van der Waals surface area contributed by atoms with Gasteiger partial charge in [0.05, 0.1) is 10.7 Å². The van der Waals surface area contributed by atoms with Crippen LogP contribution < -0.4 is 5.32 Å². The summed E-state index contributed by atoms with van der Waals surface area (Å²) in [5, 5.41) is 6.89. The SMILES string of the molecule is CC(C)c1nc(CN(C)C2CCNCC2)cs1.Cl.Cl. The van der Waals surface area contributed by atoms with Gasteiger partial charge in [0.15, 0.2) is 0 Å². The molecule has 0 saturated carbocycles. The average molecular weight is 326 g/mol. The van der Waals surface area contributed by atoms with Gasteiger partial charge in [-0.25, -0.2) is 4.98 Å². The molecule has 2 heterocycles. The first-order valence-corrected chi connectivity index (χ1v) is 7.40. The molecule has 0 radical (unpaired) electrons. The molecule has 1 aromatic heterocycles. The second-order valence-corrected chi connectivity index (χ2v) is 6.12. The zero-order valence-corrected chi connectivity index (χ0v) is 14.3. The van der Waals surface area contributed by atoms with Gasteiger partial charge in [-0.05, 0) is 33.0 Å². The van der Waals surface area contributed by atoms with Gasteiger partial charge in [-0.2, -0.15) is 0 Å². The van der Waals surface area contributed by atoms with Crippen molar-refractivity contribution in [2.75, 3.05) is 20.1 Å². The highest BCUT2D eigenvalue weighted by Gasteiger charge is 2.18. The summed E-state index contributed by atoms with van der Waals surface area (Å²) in [5.74, 6) is 0.554. The number of hydrogen-bond donors (Lipinski definition) is 1. The van der Waals surface area contributed by atoms with E-state index in [0.717, 1.165) is 25.7 Å². The number of rotatable bonds is 4. The molecule has 1 N–H and O–H groups in total. The van der Waals surface area contributed by atoms with E-state index >= 15 is 0 Å². The molecule has 0 bridgehead atoms. The Morgan fingerprint density at radius 1 is 1.37 bits per heavy atom. The lowest BCUT2D eigenvalue weighted by Gasteiger charge is -2.31. The van der Waals surface area contributed by atoms with Crippen LogP contribution in [0.1, 0.15) is 43.3 Å². The van der Waals surface area contributed by atoms with Crippen LogP contribution in [0, 0.1) is 0 Å². The third-order valence-corrected chi connectivity index (χ3v) is 4.60. The molecule has 0 aromatic carbocycles. The maximum atomic E-state index is 4.71. The summed E-state index contributed by atoms with van der Waals surface area (Å²) < 4.78 is 0. The molecule has 6 heteroatoms. The first-order valence-electron chi connectivity index (χ1n) is 6.52. The molecule has 0 atom stereocenters. The molecule has 1 saturated heterocycles. The second-order valence-electron chi connectivity index (χ2n) is 5.23. The molecule has 1 fully saturated rings. The van der Waals surface area contributed by atoms with Crippen LogP contribution >= 0.6 is 36.2 Å². The molecule has 1 aliphatic heterocycles. The Morgan fingerprint density at radius 2 is 2.00 bits per heavy atom. The highest BCUT2D eigenvalue weighted by atomic mass is 35.5. The summed E-state index contributed by atoms with van der Waals surface area (Å²) in [6, 6.07) is 0.723. The number of nitrogens with one attached hydrogen (secondary N) is 1. The molecular weight excluding hydrogens is 301 g/mol. The van der Waals surface area contributed by atoms with Crippen LogP contribution in [0.15, 0.2) is 5.38 Å². The number of halogens is 2.